The second-order valence-corrected chi connectivity index (χ2v) is 10.7. The first-order chi connectivity index (χ1) is 19.5. The molecule has 0 saturated heterocycles. The zero-order chi connectivity index (χ0) is 27.6. The van der Waals surface area contributed by atoms with Crippen molar-refractivity contribution >= 4 is 10.9 Å². The smallest absolute Gasteiger partial charge is 0.253 e. The molecule has 0 radical (unpaired) electrons. The Morgan fingerprint density at radius 3 is 2.58 bits per heavy atom. The number of ether oxygens (including phenoxy) is 1. The lowest BCUT2D eigenvalue weighted by Gasteiger charge is -2.31. The first-order valence-electron chi connectivity index (χ1n) is 13.8. The zero-order valence-electron chi connectivity index (χ0n) is 23.1. The topological polar surface area (TPSA) is 102 Å². The zero-order valence-corrected chi connectivity index (χ0v) is 23.1. The minimum absolute atomic E-state index is 0.147. The van der Waals surface area contributed by atoms with E-state index in [0.717, 1.165) is 64.8 Å². The number of nitrogens with zero attached hydrogens (tertiary/aromatic N) is 5. The van der Waals surface area contributed by atoms with Crippen molar-refractivity contribution in [2.24, 2.45) is 0 Å². The summed E-state index contributed by atoms with van der Waals surface area (Å²) in [6.45, 7) is 5.09. The fourth-order valence-corrected chi connectivity index (χ4v) is 5.89. The van der Waals surface area contributed by atoms with E-state index in [-0.39, 0.29) is 11.6 Å². The highest BCUT2D eigenvalue weighted by atomic mass is 16.5. The fraction of sp³-hybridized carbons (Fsp3) is 0.355. The molecule has 9 nitrogen and oxygen atoms in total. The summed E-state index contributed by atoms with van der Waals surface area (Å²) in [7, 11) is 1.66. The van der Waals surface area contributed by atoms with Crippen molar-refractivity contribution in [2.75, 3.05) is 7.11 Å². The van der Waals surface area contributed by atoms with Gasteiger partial charge in [0.1, 0.15) is 17.6 Å². The number of rotatable bonds is 9. The SMILES string of the molecule is COc1ccc(CN(Cc2ccco2)[C@H](c2cc3c(C)ccc(C)c3[nH]c2=O)c2nnnn2C2CCCC2)cc1. The standard InChI is InChI=1S/C31H34N6O3/c1-20-10-11-21(2)28-26(20)17-27(31(38)32-28)29(30-33-34-35-37(30)23-7-4-5-8-23)36(19-25-9-6-16-40-25)18-22-12-14-24(39-3)15-13-22/h6,9-17,23,29H,4-5,7-8,18-19H2,1-3H3,(H,32,38)/t29-/m1/s1. The number of H-pyrrole nitrogens is 1. The third-order valence-electron chi connectivity index (χ3n) is 8.05. The van der Waals surface area contributed by atoms with Crippen molar-refractivity contribution < 1.29 is 9.15 Å². The van der Waals surface area contributed by atoms with Gasteiger partial charge in [0.2, 0.25) is 0 Å². The Balaban J connectivity index is 1.54. The van der Waals surface area contributed by atoms with Gasteiger partial charge in [-0.2, -0.15) is 0 Å². The molecule has 2 aromatic carbocycles. The number of hydrogen-bond donors (Lipinski definition) is 1. The Bertz CT molecular complexity index is 1650. The molecule has 1 fully saturated rings. The van der Waals surface area contributed by atoms with Crippen molar-refractivity contribution in [3.05, 3.63) is 105 Å². The molecule has 1 saturated carbocycles. The number of benzene rings is 2. The molecule has 40 heavy (non-hydrogen) atoms. The molecule has 9 heteroatoms. The average Bonchev–Trinajstić information content (AvgIpc) is 3.75. The molecule has 1 aliphatic carbocycles. The summed E-state index contributed by atoms with van der Waals surface area (Å²) >= 11 is 0. The Hall–Kier alpha value is -4.24. The molecule has 0 bridgehead atoms. The maximum Gasteiger partial charge on any atom is 0.253 e. The molecule has 1 atom stereocenters. The van der Waals surface area contributed by atoms with Crippen LogP contribution in [0.25, 0.3) is 10.9 Å². The first-order valence-corrected chi connectivity index (χ1v) is 13.8. The molecule has 1 N–H and O–H groups in total. The largest absolute Gasteiger partial charge is 0.497 e. The lowest BCUT2D eigenvalue weighted by Crippen LogP contribution is -2.35. The number of methoxy groups -OCH3 is 1. The van der Waals surface area contributed by atoms with Crippen molar-refractivity contribution in [1.82, 2.24) is 30.1 Å². The minimum atomic E-state index is -0.518. The lowest BCUT2D eigenvalue weighted by atomic mass is 9.98. The normalized spacial score (nSPS) is 14.8. The number of tetrazole rings is 1. The maximum absolute atomic E-state index is 13.9. The molecular weight excluding hydrogens is 504 g/mol. The van der Waals surface area contributed by atoms with Crippen LogP contribution in [0.3, 0.4) is 0 Å². The highest BCUT2D eigenvalue weighted by Crippen LogP contribution is 2.35. The number of hydrogen-bond acceptors (Lipinski definition) is 7. The van der Waals surface area contributed by atoms with Crippen LogP contribution in [0.1, 0.15) is 71.6 Å². The Labute approximate surface area is 232 Å². The van der Waals surface area contributed by atoms with Gasteiger partial charge in [-0.25, -0.2) is 4.68 Å². The number of nitrogens with one attached hydrogen (secondary N) is 1. The van der Waals surface area contributed by atoms with Gasteiger partial charge in [0, 0.05) is 17.5 Å². The molecule has 0 unspecified atom stereocenters. The number of aryl methyl sites for hydroxylation is 2. The number of fused-ring (bicyclic) bond motifs is 1. The van der Waals surface area contributed by atoms with E-state index in [9.17, 15) is 4.79 Å². The van der Waals surface area contributed by atoms with Crippen LogP contribution >= 0.6 is 0 Å². The van der Waals surface area contributed by atoms with Crippen LogP contribution in [-0.4, -0.2) is 37.2 Å². The molecule has 5 aromatic rings. The quantitative estimate of drug-likeness (QED) is 0.259. The molecule has 1 aliphatic rings. The third-order valence-corrected chi connectivity index (χ3v) is 8.05. The van der Waals surface area contributed by atoms with Crippen LogP contribution in [0.2, 0.25) is 0 Å². The van der Waals surface area contributed by atoms with Gasteiger partial charge in [0.05, 0.1) is 31.5 Å². The van der Waals surface area contributed by atoms with Crippen molar-refractivity contribution in [3.63, 3.8) is 0 Å². The second kappa shape index (κ2) is 11.1. The van der Waals surface area contributed by atoms with Crippen LogP contribution in [0.15, 0.2) is 70.1 Å². The van der Waals surface area contributed by atoms with E-state index in [1.165, 1.54) is 0 Å². The molecule has 6 rings (SSSR count). The fourth-order valence-electron chi connectivity index (χ4n) is 5.89. The van der Waals surface area contributed by atoms with E-state index in [2.05, 4.69) is 38.4 Å². The summed E-state index contributed by atoms with van der Waals surface area (Å²) in [6.07, 6.45) is 6.01. The maximum atomic E-state index is 13.9. The van der Waals surface area contributed by atoms with Gasteiger partial charge in [-0.15, -0.1) is 5.10 Å². The van der Waals surface area contributed by atoms with E-state index >= 15 is 0 Å². The van der Waals surface area contributed by atoms with Gasteiger partial charge in [-0.3, -0.25) is 9.69 Å². The highest BCUT2D eigenvalue weighted by Gasteiger charge is 2.34. The Morgan fingerprint density at radius 2 is 1.85 bits per heavy atom. The summed E-state index contributed by atoms with van der Waals surface area (Å²) in [4.78, 5) is 19.3. The van der Waals surface area contributed by atoms with Gasteiger partial charge in [0.25, 0.3) is 5.56 Å². The summed E-state index contributed by atoms with van der Waals surface area (Å²) in [5, 5.41) is 14.2. The van der Waals surface area contributed by atoms with Crippen molar-refractivity contribution in [3.8, 4) is 5.75 Å². The van der Waals surface area contributed by atoms with Gasteiger partial charge in [-0.05, 0) is 84.1 Å². The van der Waals surface area contributed by atoms with Crippen LogP contribution in [0, 0.1) is 13.8 Å². The summed E-state index contributed by atoms with van der Waals surface area (Å²) < 4.78 is 13.1. The Kier molecular flexibility index (Phi) is 7.21. The number of pyridine rings is 1. The van der Waals surface area contributed by atoms with Crippen molar-refractivity contribution in [1.29, 1.82) is 0 Å². The molecule has 3 aromatic heterocycles. The minimum Gasteiger partial charge on any atom is -0.497 e. The van der Waals surface area contributed by atoms with Gasteiger partial charge in [0.15, 0.2) is 5.82 Å². The van der Waals surface area contributed by atoms with E-state index in [0.29, 0.717) is 24.5 Å². The number of furan rings is 1. The van der Waals surface area contributed by atoms with E-state index < -0.39 is 6.04 Å². The summed E-state index contributed by atoms with van der Waals surface area (Å²) in [5.74, 6) is 2.25. The third kappa shape index (κ3) is 5.04. The van der Waals surface area contributed by atoms with Gasteiger partial charge >= 0.3 is 0 Å². The predicted octanol–water partition coefficient (Wildman–Crippen LogP) is 5.64. The van der Waals surface area contributed by atoms with Crippen LogP contribution < -0.4 is 10.3 Å². The Morgan fingerprint density at radius 1 is 1.07 bits per heavy atom. The molecule has 0 aliphatic heterocycles. The van der Waals surface area contributed by atoms with Crippen LogP contribution in [0.4, 0.5) is 0 Å². The predicted molar refractivity (Wildman–Crippen MR) is 152 cm³/mol. The van der Waals surface area contributed by atoms with Gasteiger partial charge in [-0.1, -0.05) is 37.1 Å². The average molecular weight is 539 g/mol. The molecule has 0 amide bonds. The molecule has 206 valence electrons. The van der Waals surface area contributed by atoms with Crippen LogP contribution in [-0.2, 0) is 13.1 Å². The van der Waals surface area contributed by atoms with E-state index in [1.54, 1.807) is 13.4 Å². The van der Waals surface area contributed by atoms with Crippen LogP contribution in [0.5, 0.6) is 5.75 Å². The highest BCUT2D eigenvalue weighted by molar-refractivity contribution is 5.85. The van der Waals surface area contributed by atoms with Crippen molar-refractivity contribution in [2.45, 2.75) is 64.7 Å². The monoisotopic (exact) mass is 538 g/mol. The first kappa shape index (κ1) is 26.0. The van der Waals surface area contributed by atoms with E-state index in [4.69, 9.17) is 9.15 Å². The van der Waals surface area contributed by atoms with Gasteiger partial charge < -0.3 is 14.1 Å². The molecular formula is C31H34N6O3. The second-order valence-electron chi connectivity index (χ2n) is 10.7. The molecule has 0 spiro atoms. The number of aromatic nitrogens is 5. The summed E-state index contributed by atoms with van der Waals surface area (Å²) in [6, 6.07) is 17.7. The summed E-state index contributed by atoms with van der Waals surface area (Å²) in [5.41, 5.74) is 4.51. The number of aromatic amines is 1. The molecule has 3 heterocycles. The lowest BCUT2D eigenvalue weighted by molar-refractivity contribution is 0.176. The van der Waals surface area contributed by atoms with E-state index in [1.807, 2.05) is 60.1 Å².